The highest BCUT2D eigenvalue weighted by Gasteiger charge is 2.21. The van der Waals surface area contributed by atoms with Crippen molar-refractivity contribution in [3.8, 4) is 0 Å². The second-order valence-corrected chi connectivity index (χ2v) is 6.35. The van der Waals surface area contributed by atoms with Crippen LogP contribution in [-0.4, -0.2) is 6.54 Å². The number of hydrogen-bond donors (Lipinski definition) is 1. The zero-order chi connectivity index (χ0) is 15.6. The van der Waals surface area contributed by atoms with Crippen molar-refractivity contribution in [1.29, 1.82) is 0 Å². The molecule has 0 aliphatic carbocycles. The van der Waals surface area contributed by atoms with Gasteiger partial charge in [0.25, 0.3) is 0 Å². The summed E-state index contributed by atoms with van der Waals surface area (Å²) in [5.74, 6) is -0.146. The quantitative estimate of drug-likeness (QED) is 0.798. The molecule has 1 N–H and O–H groups in total. The first-order valence-electron chi connectivity index (χ1n) is 7.20. The highest BCUT2D eigenvalue weighted by molar-refractivity contribution is 9.10. The minimum absolute atomic E-state index is 0.146. The molecule has 0 bridgehead atoms. The average molecular weight is 350 g/mol. The van der Waals surface area contributed by atoms with Crippen LogP contribution in [0.2, 0.25) is 0 Å². The summed E-state index contributed by atoms with van der Waals surface area (Å²) in [6, 6.07) is 9.68. The van der Waals surface area contributed by atoms with Crippen molar-refractivity contribution in [2.75, 3.05) is 6.54 Å². The molecule has 0 fully saturated rings. The smallest absolute Gasteiger partial charge is 0.128 e. The Kier molecular flexibility index (Phi) is 5.17. The zero-order valence-corrected chi connectivity index (χ0v) is 14.5. The number of rotatable bonds is 4. The van der Waals surface area contributed by atoms with E-state index in [9.17, 15) is 4.39 Å². The van der Waals surface area contributed by atoms with Gasteiger partial charge >= 0.3 is 0 Å². The van der Waals surface area contributed by atoms with Crippen LogP contribution in [-0.2, 0) is 0 Å². The van der Waals surface area contributed by atoms with Gasteiger partial charge in [0.15, 0.2) is 0 Å². The van der Waals surface area contributed by atoms with Gasteiger partial charge in [-0.1, -0.05) is 46.6 Å². The maximum atomic E-state index is 14.5. The standard InChI is InChI=1S/C18H21BrFN/c1-5-21-18(14-9-11(2)6-7-15(14)19)17-13(4)8-12(3)10-16(17)20/h6-10,18,21H,5H2,1-4H3. The van der Waals surface area contributed by atoms with Crippen molar-refractivity contribution in [2.24, 2.45) is 0 Å². The van der Waals surface area contributed by atoms with Crippen LogP contribution < -0.4 is 5.32 Å². The lowest BCUT2D eigenvalue weighted by molar-refractivity contribution is 0.554. The van der Waals surface area contributed by atoms with Gasteiger partial charge < -0.3 is 5.32 Å². The SMILES string of the molecule is CCNC(c1cc(C)ccc1Br)c1c(C)cc(C)cc1F. The summed E-state index contributed by atoms with van der Waals surface area (Å²) in [6.07, 6.45) is 0. The molecule has 0 aromatic heterocycles. The first-order valence-corrected chi connectivity index (χ1v) is 7.99. The molecule has 2 aromatic carbocycles. The van der Waals surface area contributed by atoms with E-state index in [4.69, 9.17) is 0 Å². The van der Waals surface area contributed by atoms with Crippen LogP contribution in [0.4, 0.5) is 4.39 Å². The highest BCUT2D eigenvalue weighted by atomic mass is 79.9. The lowest BCUT2D eigenvalue weighted by atomic mass is 9.92. The topological polar surface area (TPSA) is 12.0 Å². The fourth-order valence-electron chi connectivity index (χ4n) is 2.75. The summed E-state index contributed by atoms with van der Waals surface area (Å²) in [5, 5.41) is 3.41. The van der Waals surface area contributed by atoms with Crippen LogP contribution in [0.15, 0.2) is 34.8 Å². The fourth-order valence-corrected chi connectivity index (χ4v) is 3.22. The molecule has 1 nitrogen and oxygen atoms in total. The van der Waals surface area contributed by atoms with Gasteiger partial charge in [-0.05, 0) is 56.1 Å². The number of aryl methyl sites for hydroxylation is 3. The molecule has 2 aromatic rings. The summed E-state index contributed by atoms with van der Waals surface area (Å²) in [4.78, 5) is 0. The molecule has 2 rings (SSSR count). The number of hydrogen-bond acceptors (Lipinski definition) is 1. The molecule has 0 heterocycles. The van der Waals surface area contributed by atoms with Gasteiger partial charge in [-0.25, -0.2) is 4.39 Å². The molecule has 112 valence electrons. The number of halogens is 2. The zero-order valence-electron chi connectivity index (χ0n) is 12.9. The van der Waals surface area contributed by atoms with Crippen molar-refractivity contribution in [2.45, 2.75) is 33.7 Å². The normalized spacial score (nSPS) is 12.5. The predicted octanol–water partition coefficient (Wildman–Crippen LogP) is 5.21. The summed E-state index contributed by atoms with van der Waals surface area (Å²) in [6.45, 7) is 8.76. The molecule has 0 saturated heterocycles. The van der Waals surface area contributed by atoms with Crippen LogP contribution in [0.3, 0.4) is 0 Å². The van der Waals surface area contributed by atoms with Crippen LogP contribution >= 0.6 is 15.9 Å². The van der Waals surface area contributed by atoms with Gasteiger partial charge in [-0.15, -0.1) is 0 Å². The maximum Gasteiger partial charge on any atom is 0.128 e. The van der Waals surface area contributed by atoms with Gasteiger partial charge in [-0.3, -0.25) is 0 Å². The van der Waals surface area contributed by atoms with Crippen LogP contribution in [0, 0.1) is 26.6 Å². The van der Waals surface area contributed by atoms with E-state index in [2.05, 4.69) is 40.3 Å². The largest absolute Gasteiger partial charge is 0.306 e. The molecule has 1 atom stereocenters. The Labute approximate surface area is 134 Å². The lowest BCUT2D eigenvalue weighted by Crippen LogP contribution is -2.24. The first-order chi connectivity index (χ1) is 9.93. The third-order valence-electron chi connectivity index (χ3n) is 3.64. The number of nitrogens with one attached hydrogen (secondary N) is 1. The second kappa shape index (κ2) is 6.71. The van der Waals surface area contributed by atoms with Crippen molar-refractivity contribution in [1.82, 2.24) is 5.32 Å². The van der Waals surface area contributed by atoms with Crippen molar-refractivity contribution < 1.29 is 4.39 Å². The summed E-state index contributed by atoms with van der Waals surface area (Å²) < 4.78 is 15.5. The minimum atomic E-state index is -0.148. The molecular formula is C18H21BrFN. The van der Waals surface area contributed by atoms with Gasteiger partial charge in [0, 0.05) is 10.0 Å². The second-order valence-electron chi connectivity index (χ2n) is 5.49. The molecule has 0 aliphatic rings. The van der Waals surface area contributed by atoms with Gasteiger partial charge in [-0.2, -0.15) is 0 Å². The van der Waals surface area contributed by atoms with Gasteiger partial charge in [0.2, 0.25) is 0 Å². The lowest BCUT2D eigenvalue weighted by Gasteiger charge is -2.23. The Morgan fingerprint density at radius 2 is 1.81 bits per heavy atom. The third kappa shape index (κ3) is 3.53. The molecule has 3 heteroatoms. The number of benzene rings is 2. The van der Waals surface area contributed by atoms with E-state index in [0.29, 0.717) is 0 Å². The van der Waals surface area contributed by atoms with E-state index in [1.807, 2.05) is 32.9 Å². The third-order valence-corrected chi connectivity index (χ3v) is 4.36. The molecule has 21 heavy (non-hydrogen) atoms. The minimum Gasteiger partial charge on any atom is -0.306 e. The van der Waals surface area contributed by atoms with E-state index in [-0.39, 0.29) is 11.9 Å². The Balaban J connectivity index is 2.61. The monoisotopic (exact) mass is 349 g/mol. The molecule has 0 aliphatic heterocycles. The van der Waals surface area contributed by atoms with Gasteiger partial charge in [0.05, 0.1) is 6.04 Å². The van der Waals surface area contributed by atoms with Crippen molar-refractivity contribution in [3.05, 3.63) is 68.4 Å². The Hall–Kier alpha value is -1.19. The summed E-state index contributed by atoms with van der Waals surface area (Å²) in [5.41, 5.74) is 4.90. The van der Waals surface area contributed by atoms with Gasteiger partial charge in [0.1, 0.15) is 5.82 Å². The average Bonchev–Trinajstić information content (AvgIpc) is 2.39. The van der Waals surface area contributed by atoms with E-state index < -0.39 is 0 Å². The van der Waals surface area contributed by atoms with Crippen LogP contribution in [0.25, 0.3) is 0 Å². The van der Waals surface area contributed by atoms with Crippen molar-refractivity contribution >= 4 is 15.9 Å². The Bertz CT molecular complexity index is 629. The summed E-state index contributed by atoms with van der Waals surface area (Å²) >= 11 is 3.60. The summed E-state index contributed by atoms with van der Waals surface area (Å²) in [7, 11) is 0. The van der Waals surface area contributed by atoms with Crippen LogP contribution in [0.5, 0.6) is 0 Å². The first kappa shape index (κ1) is 16.2. The maximum absolute atomic E-state index is 14.5. The Morgan fingerprint density at radius 1 is 1.10 bits per heavy atom. The predicted molar refractivity (Wildman–Crippen MR) is 90.3 cm³/mol. The van der Waals surface area contributed by atoms with E-state index in [1.165, 1.54) is 5.56 Å². The molecule has 0 spiro atoms. The molecule has 0 amide bonds. The van der Waals surface area contributed by atoms with Crippen molar-refractivity contribution in [3.63, 3.8) is 0 Å². The molecule has 0 saturated carbocycles. The Morgan fingerprint density at radius 3 is 2.43 bits per heavy atom. The van der Waals surface area contributed by atoms with E-state index in [0.717, 1.165) is 33.3 Å². The van der Waals surface area contributed by atoms with Crippen LogP contribution in [0.1, 0.15) is 40.8 Å². The molecule has 1 unspecified atom stereocenters. The fraction of sp³-hybridized carbons (Fsp3) is 0.333. The van der Waals surface area contributed by atoms with E-state index in [1.54, 1.807) is 6.07 Å². The molecular weight excluding hydrogens is 329 g/mol. The molecule has 0 radical (unpaired) electrons. The van der Waals surface area contributed by atoms with E-state index >= 15 is 0 Å². The highest BCUT2D eigenvalue weighted by Crippen LogP contribution is 2.33.